The van der Waals surface area contributed by atoms with Gasteiger partial charge >= 0.3 is 0 Å². The molecule has 0 bridgehead atoms. The number of amides is 1. The van der Waals surface area contributed by atoms with Gasteiger partial charge in [-0.2, -0.15) is 0 Å². The lowest BCUT2D eigenvalue weighted by atomic mass is 10.1. The van der Waals surface area contributed by atoms with Crippen molar-refractivity contribution in [2.24, 2.45) is 0 Å². The molecule has 178 valence electrons. The van der Waals surface area contributed by atoms with E-state index in [4.69, 9.17) is 21.6 Å². The summed E-state index contributed by atoms with van der Waals surface area (Å²) in [6.07, 6.45) is 10.4. The van der Waals surface area contributed by atoms with Crippen molar-refractivity contribution in [1.29, 1.82) is 0 Å². The predicted molar refractivity (Wildman–Crippen MR) is 141 cm³/mol. The van der Waals surface area contributed by atoms with Crippen molar-refractivity contribution >= 4 is 51.7 Å². The average molecular weight is 497 g/mol. The van der Waals surface area contributed by atoms with Crippen molar-refractivity contribution in [2.75, 3.05) is 11.9 Å². The standard InChI is InChI=1S/C25H28N4O3S2/c1-3-4-5-6-7-12-29-24(31)20(34-25(29)33)15-19-21(26-16-18-11-9-14-32-18)27-22-17(2)10-8-13-28(22)23(19)30/h8-11,13-15,26H,3-7,12,16H2,1-2H3. The number of aryl methyl sites for hydroxylation is 1. The fraction of sp³-hybridized carbons (Fsp3) is 0.360. The van der Waals surface area contributed by atoms with Crippen molar-refractivity contribution in [3.8, 4) is 0 Å². The zero-order chi connectivity index (χ0) is 24.1. The summed E-state index contributed by atoms with van der Waals surface area (Å²) >= 11 is 6.71. The second-order valence-corrected chi connectivity index (χ2v) is 9.92. The Morgan fingerprint density at radius 3 is 2.76 bits per heavy atom. The molecule has 4 heterocycles. The van der Waals surface area contributed by atoms with Gasteiger partial charge in [-0.05, 0) is 43.2 Å². The first-order valence-corrected chi connectivity index (χ1v) is 12.8. The predicted octanol–water partition coefficient (Wildman–Crippen LogP) is 5.38. The maximum atomic E-state index is 13.4. The van der Waals surface area contributed by atoms with Crippen LogP contribution in [0.4, 0.5) is 5.82 Å². The molecule has 7 nitrogen and oxygen atoms in total. The number of thiocarbonyl (C=S) groups is 1. The van der Waals surface area contributed by atoms with Crippen LogP contribution in [0.2, 0.25) is 0 Å². The molecule has 3 aromatic rings. The number of aromatic nitrogens is 2. The van der Waals surface area contributed by atoms with Crippen LogP contribution in [0.25, 0.3) is 11.7 Å². The van der Waals surface area contributed by atoms with Crippen LogP contribution in [0, 0.1) is 6.92 Å². The molecule has 1 amide bonds. The molecule has 0 radical (unpaired) electrons. The molecule has 3 aromatic heterocycles. The zero-order valence-corrected chi connectivity index (χ0v) is 21.0. The highest BCUT2D eigenvalue weighted by Gasteiger charge is 2.32. The van der Waals surface area contributed by atoms with Gasteiger partial charge in [-0.1, -0.05) is 62.7 Å². The third-order valence-corrected chi connectivity index (χ3v) is 7.11. The van der Waals surface area contributed by atoms with Crippen molar-refractivity contribution in [3.63, 3.8) is 0 Å². The van der Waals surface area contributed by atoms with Gasteiger partial charge in [0.1, 0.15) is 21.5 Å². The Labute approximate surface area is 208 Å². The molecule has 0 aromatic carbocycles. The number of thioether (sulfide) groups is 1. The molecular weight excluding hydrogens is 468 g/mol. The number of carbonyl (C=O) groups excluding carboxylic acids is 1. The monoisotopic (exact) mass is 496 g/mol. The van der Waals surface area contributed by atoms with E-state index in [0.29, 0.717) is 45.1 Å². The summed E-state index contributed by atoms with van der Waals surface area (Å²) in [6, 6.07) is 7.36. The van der Waals surface area contributed by atoms with Gasteiger partial charge in [0.2, 0.25) is 0 Å². The van der Waals surface area contributed by atoms with Crippen LogP contribution in [0.3, 0.4) is 0 Å². The third kappa shape index (κ3) is 5.26. The number of carbonyl (C=O) groups is 1. The maximum absolute atomic E-state index is 13.4. The van der Waals surface area contributed by atoms with Gasteiger partial charge in [-0.3, -0.25) is 18.9 Å². The Hall–Kier alpha value is -2.91. The first-order valence-electron chi connectivity index (χ1n) is 11.5. The number of anilines is 1. The van der Waals surface area contributed by atoms with E-state index in [9.17, 15) is 9.59 Å². The van der Waals surface area contributed by atoms with Crippen LogP contribution in [0.15, 0.2) is 50.8 Å². The molecular formula is C25H28N4O3S2. The van der Waals surface area contributed by atoms with Crippen molar-refractivity contribution in [3.05, 3.63) is 68.9 Å². The normalized spacial score (nSPS) is 15.1. The zero-order valence-electron chi connectivity index (χ0n) is 19.4. The summed E-state index contributed by atoms with van der Waals surface area (Å²) in [5.74, 6) is 0.962. The third-order valence-electron chi connectivity index (χ3n) is 5.73. The van der Waals surface area contributed by atoms with Crippen LogP contribution in [0.5, 0.6) is 0 Å². The van der Waals surface area contributed by atoms with E-state index in [1.807, 2.05) is 25.1 Å². The van der Waals surface area contributed by atoms with Gasteiger partial charge in [-0.15, -0.1) is 0 Å². The Kier molecular flexibility index (Phi) is 7.84. The van der Waals surface area contributed by atoms with Gasteiger partial charge in [-0.25, -0.2) is 4.98 Å². The molecule has 1 N–H and O–H groups in total. The van der Waals surface area contributed by atoms with E-state index < -0.39 is 0 Å². The van der Waals surface area contributed by atoms with E-state index in [0.717, 1.165) is 24.8 Å². The van der Waals surface area contributed by atoms with E-state index in [2.05, 4.69) is 12.2 Å². The summed E-state index contributed by atoms with van der Waals surface area (Å²) in [7, 11) is 0. The number of hydrogen-bond donors (Lipinski definition) is 1. The first-order chi connectivity index (χ1) is 16.5. The molecule has 0 atom stereocenters. The lowest BCUT2D eigenvalue weighted by Crippen LogP contribution is -2.29. The molecule has 1 fully saturated rings. The highest BCUT2D eigenvalue weighted by atomic mass is 32.2. The Bertz CT molecular complexity index is 1280. The van der Waals surface area contributed by atoms with Crippen molar-refractivity contribution < 1.29 is 9.21 Å². The molecule has 0 aliphatic carbocycles. The van der Waals surface area contributed by atoms with Gasteiger partial charge in [0.05, 0.1) is 23.3 Å². The number of rotatable bonds is 10. The fourth-order valence-electron chi connectivity index (χ4n) is 3.86. The summed E-state index contributed by atoms with van der Waals surface area (Å²) in [5, 5.41) is 3.21. The van der Waals surface area contributed by atoms with Gasteiger partial charge in [0, 0.05) is 12.7 Å². The van der Waals surface area contributed by atoms with Crippen LogP contribution in [-0.4, -0.2) is 31.1 Å². The number of hydrogen-bond acceptors (Lipinski definition) is 7. The number of fused-ring (bicyclic) bond motifs is 1. The van der Waals surface area contributed by atoms with Crippen LogP contribution in [-0.2, 0) is 11.3 Å². The molecule has 1 aliphatic rings. The van der Waals surface area contributed by atoms with E-state index in [1.54, 1.807) is 29.5 Å². The maximum Gasteiger partial charge on any atom is 0.267 e. The number of pyridine rings is 1. The minimum absolute atomic E-state index is 0.156. The molecule has 4 rings (SSSR count). The summed E-state index contributed by atoms with van der Waals surface area (Å²) in [6.45, 7) is 5.05. The molecule has 0 unspecified atom stereocenters. The molecule has 0 spiro atoms. The van der Waals surface area contributed by atoms with Crippen molar-refractivity contribution in [2.45, 2.75) is 52.5 Å². The second-order valence-electron chi connectivity index (χ2n) is 8.24. The molecule has 9 heteroatoms. The summed E-state index contributed by atoms with van der Waals surface area (Å²) in [5.41, 5.74) is 1.51. The van der Waals surface area contributed by atoms with Gasteiger partial charge in [0.25, 0.3) is 11.5 Å². The van der Waals surface area contributed by atoms with Crippen LogP contribution >= 0.6 is 24.0 Å². The second kappa shape index (κ2) is 11.0. The quantitative estimate of drug-likeness (QED) is 0.229. The Morgan fingerprint density at radius 2 is 2.00 bits per heavy atom. The Balaban J connectivity index is 1.65. The van der Waals surface area contributed by atoms with Crippen LogP contribution < -0.4 is 10.9 Å². The first kappa shape index (κ1) is 24.2. The number of nitrogens with zero attached hydrogens (tertiary/aromatic N) is 3. The smallest absolute Gasteiger partial charge is 0.267 e. The van der Waals surface area contributed by atoms with Crippen molar-refractivity contribution in [1.82, 2.24) is 14.3 Å². The highest BCUT2D eigenvalue weighted by molar-refractivity contribution is 8.26. The minimum Gasteiger partial charge on any atom is -0.467 e. The van der Waals surface area contributed by atoms with E-state index in [-0.39, 0.29) is 11.5 Å². The molecule has 34 heavy (non-hydrogen) atoms. The number of nitrogens with one attached hydrogen (secondary N) is 1. The number of furan rings is 1. The lowest BCUT2D eigenvalue weighted by Gasteiger charge is -2.14. The molecule has 0 saturated carbocycles. The minimum atomic E-state index is -0.250. The molecule has 1 aliphatic heterocycles. The lowest BCUT2D eigenvalue weighted by molar-refractivity contribution is -0.122. The summed E-state index contributed by atoms with van der Waals surface area (Å²) < 4.78 is 7.44. The van der Waals surface area contributed by atoms with E-state index >= 15 is 0 Å². The van der Waals surface area contributed by atoms with Gasteiger partial charge < -0.3 is 9.73 Å². The van der Waals surface area contributed by atoms with Gasteiger partial charge in [0.15, 0.2) is 0 Å². The summed E-state index contributed by atoms with van der Waals surface area (Å²) in [4.78, 5) is 33.3. The van der Waals surface area contributed by atoms with Crippen LogP contribution in [0.1, 0.15) is 55.9 Å². The topological polar surface area (TPSA) is 79.8 Å². The molecule has 1 saturated heterocycles. The number of unbranched alkanes of at least 4 members (excludes halogenated alkanes) is 4. The van der Waals surface area contributed by atoms with E-state index in [1.165, 1.54) is 29.0 Å². The Morgan fingerprint density at radius 1 is 1.18 bits per heavy atom. The average Bonchev–Trinajstić information content (AvgIpc) is 3.43. The largest absolute Gasteiger partial charge is 0.467 e. The fourth-order valence-corrected chi connectivity index (χ4v) is 5.15. The SMILES string of the molecule is CCCCCCCN1C(=O)C(=Cc2c(NCc3ccco3)nc3c(C)cccn3c2=O)SC1=S. The highest BCUT2D eigenvalue weighted by Crippen LogP contribution is 2.33.